The lowest BCUT2D eigenvalue weighted by Crippen LogP contribution is -2.41. The highest BCUT2D eigenvalue weighted by Crippen LogP contribution is 1.90. The van der Waals surface area contributed by atoms with Gasteiger partial charge in [-0.1, -0.05) is 5.16 Å². The van der Waals surface area contributed by atoms with E-state index in [1.807, 2.05) is 0 Å². The Labute approximate surface area is 87.0 Å². The van der Waals surface area contributed by atoms with Gasteiger partial charge in [-0.05, 0) is 0 Å². The molecule has 0 radical (unpaired) electrons. The van der Waals surface area contributed by atoms with Crippen LogP contribution in [0.25, 0.3) is 0 Å². The third-order valence-electron chi connectivity index (χ3n) is 1.85. The van der Waals surface area contributed by atoms with Crippen LogP contribution in [0.4, 0.5) is 0 Å². The number of hydrogen-bond donors (Lipinski definition) is 2. The van der Waals surface area contributed by atoms with Gasteiger partial charge in [-0.15, -0.1) is 0 Å². The van der Waals surface area contributed by atoms with Crippen LogP contribution in [0, 0.1) is 0 Å². The largest absolute Gasteiger partial charge is 0.370 e. The fourth-order valence-corrected chi connectivity index (χ4v) is 1.02. The lowest BCUT2D eigenvalue weighted by atomic mass is 10.3. The van der Waals surface area contributed by atoms with Crippen LogP contribution in [0.2, 0.25) is 0 Å². The fraction of sp³-hybridized carbons (Fsp3) is 0.625. The van der Waals surface area contributed by atoms with E-state index in [1.54, 1.807) is 0 Å². The third kappa shape index (κ3) is 3.64. The highest BCUT2D eigenvalue weighted by Gasteiger charge is 2.14. The number of methoxy groups -OCH3 is 1. The monoisotopic (exact) mass is 214 g/mol. The molecule has 1 amide bonds. The number of carbonyl (C=O) groups excluding carboxylic acids is 1. The van der Waals surface area contributed by atoms with E-state index in [-0.39, 0.29) is 12.5 Å². The summed E-state index contributed by atoms with van der Waals surface area (Å²) in [7, 11) is 1.44. The van der Waals surface area contributed by atoms with E-state index in [4.69, 9.17) is 10.5 Å². The maximum Gasteiger partial charge on any atom is 0.250 e. The topological polar surface area (TPSA) is 103 Å². The molecule has 0 bridgehead atoms. The first-order valence-electron chi connectivity index (χ1n) is 4.53. The van der Waals surface area contributed by atoms with E-state index in [1.165, 1.54) is 13.5 Å². The molecule has 3 N–H and O–H groups in total. The van der Waals surface area contributed by atoms with E-state index >= 15 is 0 Å². The van der Waals surface area contributed by atoms with Gasteiger partial charge in [0.2, 0.25) is 12.3 Å². The molecular weight excluding hydrogens is 200 g/mol. The molecule has 1 rings (SSSR count). The predicted octanol–water partition coefficient (Wildman–Crippen LogP) is -1.30. The lowest BCUT2D eigenvalue weighted by molar-refractivity contribution is -0.130. The minimum absolute atomic E-state index is 0.157. The Kier molecular flexibility index (Phi) is 4.72. The van der Waals surface area contributed by atoms with Crippen molar-refractivity contribution in [2.24, 2.45) is 5.73 Å². The highest BCUT2D eigenvalue weighted by atomic mass is 16.5. The van der Waals surface area contributed by atoms with Crippen molar-refractivity contribution in [3.8, 4) is 0 Å². The summed E-state index contributed by atoms with van der Waals surface area (Å²) in [6.07, 6.45) is 1.16. The third-order valence-corrected chi connectivity index (χ3v) is 1.85. The zero-order valence-corrected chi connectivity index (χ0v) is 8.47. The van der Waals surface area contributed by atoms with Gasteiger partial charge >= 0.3 is 0 Å². The van der Waals surface area contributed by atoms with Crippen LogP contribution in [0.3, 0.4) is 0 Å². The van der Waals surface area contributed by atoms with Crippen LogP contribution in [-0.2, 0) is 16.0 Å². The number of rotatable bonds is 6. The molecule has 0 fully saturated rings. The highest BCUT2D eigenvalue weighted by molar-refractivity contribution is 5.80. The minimum Gasteiger partial charge on any atom is -0.370 e. The summed E-state index contributed by atoms with van der Waals surface area (Å²) in [6.45, 7) is 0.586. The zero-order valence-electron chi connectivity index (χ0n) is 8.47. The first kappa shape index (κ1) is 11.6. The van der Waals surface area contributed by atoms with Gasteiger partial charge in [-0.2, -0.15) is 4.98 Å². The average molecular weight is 214 g/mol. The Morgan fingerprint density at radius 3 is 3.13 bits per heavy atom. The summed E-state index contributed by atoms with van der Waals surface area (Å²) in [5, 5.41) is 6.26. The number of amides is 1. The SMILES string of the molecule is COC(CN)C(=O)NCCc1ncon1. The van der Waals surface area contributed by atoms with E-state index in [2.05, 4.69) is 20.0 Å². The van der Waals surface area contributed by atoms with Gasteiger partial charge in [0.05, 0.1) is 0 Å². The molecule has 0 aliphatic carbocycles. The molecule has 0 saturated heterocycles. The molecule has 1 heterocycles. The zero-order chi connectivity index (χ0) is 11.1. The van der Waals surface area contributed by atoms with Gasteiger partial charge in [-0.25, -0.2) is 0 Å². The van der Waals surface area contributed by atoms with Gasteiger partial charge in [0.1, 0.15) is 6.10 Å². The molecule has 0 spiro atoms. The normalized spacial score (nSPS) is 12.4. The number of nitrogens with one attached hydrogen (secondary N) is 1. The molecule has 0 aliphatic rings. The van der Waals surface area contributed by atoms with Crippen molar-refractivity contribution in [3.63, 3.8) is 0 Å². The van der Waals surface area contributed by atoms with Crippen molar-refractivity contribution >= 4 is 5.91 Å². The number of hydrogen-bond acceptors (Lipinski definition) is 6. The standard InChI is InChI=1S/C8H14N4O3/c1-14-6(4-9)8(13)10-3-2-7-11-5-15-12-7/h5-6H,2-4,9H2,1H3,(H,10,13). The average Bonchev–Trinajstić information content (AvgIpc) is 2.72. The van der Waals surface area contributed by atoms with Gasteiger partial charge in [0.25, 0.3) is 0 Å². The molecule has 0 saturated carbocycles. The van der Waals surface area contributed by atoms with Crippen LogP contribution in [0.15, 0.2) is 10.9 Å². The first-order chi connectivity index (χ1) is 7.27. The van der Waals surface area contributed by atoms with Crippen molar-refractivity contribution in [1.82, 2.24) is 15.5 Å². The molecule has 15 heavy (non-hydrogen) atoms. The van der Waals surface area contributed by atoms with Crippen molar-refractivity contribution in [2.75, 3.05) is 20.2 Å². The number of ether oxygens (including phenoxy) is 1. The second-order valence-corrected chi connectivity index (χ2v) is 2.85. The summed E-state index contributed by atoms with van der Waals surface area (Å²) in [4.78, 5) is 15.2. The predicted molar refractivity (Wildman–Crippen MR) is 50.9 cm³/mol. The smallest absolute Gasteiger partial charge is 0.250 e. The Morgan fingerprint density at radius 2 is 2.60 bits per heavy atom. The van der Waals surface area contributed by atoms with Crippen LogP contribution >= 0.6 is 0 Å². The number of nitrogens with two attached hydrogens (primary N) is 1. The van der Waals surface area contributed by atoms with Crippen LogP contribution in [-0.4, -0.2) is 42.4 Å². The van der Waals surface area contributed by atoms with Crippen LogP contribution in [0.5, 0.6) is 0 Å². The maximum atomic E-state index is 11.4. The summed E-state index contributed by atoms with van der Waals surface area (Å²) in [5.74, 6) is 0.320. The van der Waals surface area contributed by atoms with Gasteiger partial charge in [0, 0.05) is 26.6 Å². The van der Waals surface area contributed by atoms with Gasteiger partial charge < -0.3 is 20.3 Å². The van der Waals surface area contributed by atoms with Crippen molar-refractivity contribution in [3.05, 3.63) is 12.2 Å². The Bertz CT molecular complexity index is 284. The molecule has 0 aliphatic heterocycles. The van der Waals surface area contributed by atoms with Crippen molar-refractivity contribution < 1.29 is 14.1 Å². The molecule has 0 aromatic carbocycles. The molecule has 1 unspecified atom stereocenters. The Hall–Kier alpha value is -1.47. The van der Waals surface area contributed by atoms with Gasteiger partial charge in [-0.3, -0.25) is 4.79 Å². The number of aromatic nitrogens is 2. The Morgan fingerprint density at radius 1 is 1.80 bits per heavy atom. The number of nitrogens with zero attached hydrogens (tertiary/aromatic N) is 2. The molecular formula is C8H14N4O3. The first-order valence-corrected chi connectivity index (χ1v) is 4.53. The Balaban J connectivity index is 2.22. The van der Waals surface area contributed by atoms with Crippen LogP contribution < -0.4 is 11.1 Å². The molecule has 1 atom stereocenters. The van der Waals surface area contributed by atoms with E-state index in [0.29, 0.717) is 18.8 Å². The molecule has 84 valence electrons. The summed E-state index contributed by atoms with van der Waals surface area (Å²) in [5.41, 5.74) is 5.32. The van der Waals surface area contributed by atoms with E-state index in [0.717, 1.165) is 0 Å². The quantitative estimate of drug-likeness (QED) is 0.610. The summed E-state index contributed by atoms with van der Waals surface area (Å²) in [6, 6.07) is 0. The van der Waals surface area contributed by atoms with Crippen molar-refractivity contribution in [2.45, 2.75) is 12.5 Å². The van der Waals surface area contributed by atoms with Gasteiger partial charge in [0.15, 0.2) is 5.82 Å². The van der Waals surface area contributed by atoms with Crippen LogP contribution in [0.1, 0.15) is 5.82 Å². The second-order valence-electron chi connectivity index (χ2n) is 2.85. The van der Waals surface area contributed by atoms with E-state index in [9.17, 15) is 4.79 Å². The maximum absolute atomic E-state index is 11.4. The summed E-state index contributed by atoms with van der Waals surface area (Å²) >= 11 is 0. The molecule has 1 aromatic rings. The molecule has 7 nitrogen and oxygen atoms in total. The van der Waals surface area contributed by atoms with Crippen molar-refractivity contribution in [1.29, 1.82) is 0 Å². The number of carbonyl (C=O) groups is 1. The molecule has 7 heteroatoms. The fourth-order valence-electron chi connectivity index (χ4n) is 1.02. The lowest BCUT2D eigenvalue weighted by Gasteiger charge is -2.12. The second kappa shape index (κ2) is 6.10. The van der Waals surface area contributed by atoms with E-state index < -0.39 is 6.10 Å². The minimum atomic E-state index is -0.602. The summed E-state index contributed by atoms with van der Waals surface area (Å²) < 4.78 is 9.41. The molecule has 1 aromatic heterocycles.